The number of benzene rings is 3. The summed E-state index contributed by atoms with van der Waals surface area (Å²) in [7, 11) is 0. The van der Waals surface area contributed by atoms with Crippen LogP contribution >= 0.6 is 0 Å². The van der Waals surface area contributed by atoms with Gasteiger partial charge in [-0.3, -0.25) is 0 Å². The first-order valence-corrected chi connectivity index (χ1v) is 14.3. The van der Waals surface area contributed by atoms with Crippen LogP contribution in [0.15, 0.2) is 84.9 Å². The second-order valence-corrected chi connectivity index (χ2v) is 10.1. The highest BCUT2D eigenvalue weighted by Crippen LogP contribution is 2.41. The van der Waals surface area contributed by atoms with Crippen LogP contribution in [0.3, 0.4) is 0 Å². The Balaban J connectivity index is 1.22. The zero-order chi connectivity index (χ0) is 27.4. The van der Waals surface area contributed by atoms with Crippen molar-refractivity contribution in [3.05, 3.63) is 102 Å². The molecular formula is C33H40O7. The Morgan fingerprint density at radius 2 is 1.07 bits per heavy atom. The molecule has 0 aliphatic carbocycles. The Morgan fingerprint density at radius 3 is 1.57 bits per heavy atom. The van der Waals surface area contributed by atoms with E-state index in [0.717, 1.165) is 16.9 Å². The van der Waals surface area contributed by atoms with Gasteiger partial charge in [0.05, 0.1) is 46.2 Å². The zero-order valence-corrected chi connectivity index (χ0v) is 23.2. The highest BCUT2D eigenvalue weighted by molar-refractivity contribution is 5.31. The molecule has 2 aliphatic rings. The molecule has 2 heterocycles. The minimum absolute atomic E-state index is 0.143. The number of hydrogen-bond donors (Lipinski definition) is 0. The summed E-state index contributed by atoms with van der Waals surface area (Å²) >= 11 is 0. The van der Waals surface area contributed by atoms with Gasteiger partial charge in [-0.15, -0.1) is 0 Å². The molecule has 7 heteroatoms. The van der Waals surface area contributed by atoms with Crippen molar-refractivity contribution in [2.45, 2.75) is 25.4 Å². The lowest BCUT2D eigenvalue weighted by Gasteiger charge is -2.40. The molecule has 0 bridgehead atoms. The molecule has 0 radical (unpaired) electrons. The molecule has 3 aromatic rings. The lowest BCUT2D eigenvalue weighted by Crippen LogP contribution is -2.39. The molecule has 2 fully saturated rings. The van der Waals surface area contributed by atoms with Crippen molar-refractivity contribution in [1.29, 1.82) is 0 Å². The van der Waals surface area contributed by atoms with E-state index in [1.165, 1.54) is 5.56 Å². The third-order valence-corrected chi connectivity index (χ3v) is 7.34. The van der Waals surface area contributed by atoms with Gasteiger partial charge in [-0.2, -0.15) is 0 Å². The van der Waals surface area contributed by atoms with Gasteiger partial charge in [0, 0.05) is 29.6 Å². The summed E-state index contributed by atoms with van der Waals surface area (Å²) in [6.07, 6.45) is -0.683. The van der Waals surface area contributed by atoms with Crippen molar-refractivity contribution in [3.63, 3.8) is 0 Å². The largest absolute Gasteiger partial charge is 0.491 e. The average Bonchev–Trinajstić information content (AvgIpc) is 3.03. The molecule has 7 nitrogen and oxygen atoms in total. The lowest BCUT2D eigenvalue weighted by molar-refractivity contribution is -0.231. The number of hydrogen-bond acceptors (Lipinski definition) is 7. The van der Waals surface area contributed by atoms with E-state index in [1.54, 1.807) is 0 Å². The van der Waals surface area contributed by atoms with E-state index in [-0.39, 0.29) is 30.3 Å². The summed E-state index contributed by atoms with van der Waals surface area (Å²) in [5.41, 5.74) is 3.28. The van der Waals surface area contributed by atoms with Crippen LogP contribution in [0.5, 0.6) is 5.75 Å². The second kappa shape index (κ2) is 15.3. The Hall–Kier alpha value is -2.78. The van der Waals surface area contributed by atoms with Crippen LogP contribution in [-0.4, -0.2) is 59.5 Å². The minimum Gasteiger partial charge on any atom is -0.491 e. The first-order chi connectivity index (χ1) is 19.8. The third kappa shape index (κ3) is 7.91. The second-order valence-electron chi connectivity index (χ2n) is 10.1. The maximum Gasteiger partial charge on any atom is 0.183 e. The molecule has 3 aromatic carbocycles. The number of rotatable bonds is 13. The molecule has 0 aromatic heterocycles. The van der Waals surface area contributed by atoms with E-state index in [1.807, 2.05) is 79.7 Å². The normalized spacial score (nSPS) is 23.9. The Morgan fingerprint density at radius 1 is 0.600 bits per heavy atom. The Bertz CT molecular complexity index is 1030. The molecule has 0 spiro atoms. The van der Waals surface area contributed by atoms with Gasteiger partial charge in [0.2, 0.25) is 0 Å². The minimum atomic E-state index is -0.342. The smallest absolute Gasteiger partial charge is 0.183 e. The van der Waals surface area contributed by atoms with Gasteiger partial charge in [0.25, 0.3) is 0 Å². The van der Waals surface area contributed by atoms with Crippen LogP contribution in [0.25, 0.3) is 0 Å². The quantitative estimate of drug-likeness (QED) is 0.246. The Labute approximate surface area is 237 Å². The van der Waals surface area contributed by atoms with Crippen LogP contribution in [0.1, 0.15) is 42.1 Å². The molecule has 0 saturated carbocycles. The summed E-state index contributed by atoms with van der Waals surface area (Å²) in [4.78, 5) is 0. The SMILES string of the molecule is CCOCCOCCOc1ccc(C(C2COC(c3ccccc3)OC2)C2COC(c3ccccc3)OC2)cc1. The van der Waals surface area contributed by atoms with E-state index in [0.29, 0.717) is 59.5 Å². The first kappa shape index (κ1) is 28.7. The van der Waals surface area contributed by atoms with Crippen molar-refractivity contribution < 1.29 is 33.2 Å². The third-order valence-electron chi connectivity index (χ3n) is 7.34. The first-order valence-electron chi connectivity index (χ1n) is 14.3. The van der Waals surface area contributed by atoms with Crippen molar-refractivity contribution in [1.82, 2.24) is 0 Å². The maximum absolute atomic E-state index is 6.23. The van der Waals surface area contributed by atoms with E-state index in [2.05, 4.69) is 12.1 Å². The van der Waals surface area contributed by atoms with E-state index in [4.69, 9.17) is 33.2 Å². The molecule has 2 aliphatic heterocycles. The summed E-state index contributed by atoms with van der Waals surface area (Å²) in [5, 5.41) is 0. The zero-order valence-electron chi connectivity index (χ0n) is 23.2. The summed E-state index contributed by atoms with van der Waals surface area (Å²) in [6.45, 7) is 7.26. The highest BCUT2D eigenvalue weighted by atomic mass is 16.7. The van der Waals surface area contributed by atoms with Gasteiger partial charge in [0.1, 0.15) is 12.4 Å². The van der Waals surface area contributed by atoms with Crippen molar-refractivity contribution >= 4 is 0 Å². The van der Waals surface area contributed by atoms with Crippen LogP contribution in [-0.2, 0) is 28.4 Å². The van der Waals surface area contributed by atoms with Crippen molar-refractivity contribution in [3.8, 4) is 5.75 Å². The summed E-state index contributed by atoms with van der Waals surface area (Å²) in [6, 6.07) is 28.5. The molecule has 0 N–H and O–H groups in total. The molecule has 0 unspecified atom stereocenters. The molecule has 0 amide bonds. The van der Waals surface area contributed by atoms with Crippen LogP contribution < -0.4 is 4.74 Å². The molecule has 214 valence electrons. The summed E-state index contributed by atoms with van der Waals surface area (Å²) in [5.74, 6) is 1.28. The highest BCUT2D eigenvalue weighted by Gasteiger charge is 2.38. The van der Waals surface area contributed by atoms with Gasteiger partial charge in [0.15, 0.2) is 12.6 Å². The van der Waals surface area contributed by atoms with Crippen molar-refractivity contribution in [2.24, 2.45) is 11.8 Å². The van der Waals surface area contributed by atoms with E-state index < -0.39 is 0 Å². The predicted molar refractivity (Wildman–Crippen MR) is 151 cm³/mol. The van der Waals surface area contributed by atoms with Crippen LogP contribution in [0.4, 0.5) is 0 Å². The van der Waals surface area contributed by atoms with Gasteiger partial charge in [-0.1, -0.05) is 72.8 Å². The molecular weight excluding hydrogens is 508 g/mol. The van der Waals surface area contributed by atoms with Gasteiger partial charge in [-0.05, 0) is 30.5 Å². The lowest BCUT2D eigenvalue weighted by atomic mass is 9.77. The monoisotopic (exact) mass is 548 g/mol. The standard InChI is InChI=1S/C33H40O7/c1-2-34-17-18-35-19-20-36-30-15-13-25(14-16-30)31(28-21-37-32(38-22-28)26-9-5-3-6-10-26)29-23-39-33(40-24-29)27-11-7-4-8-12-27/h3-16,28-29,31-33H,2,17-24H2,1H3. The van der Waals surface area contributed by atoms with Gasteiger partial charge in [-0.25, -0.2) is 0 Å². The molecule has 0 atom stereocenters. The topological polar surface area (TPSA) is 64.6 Å². The maximum atomic E-state index is 6.23. The van der Waals surface area contributed by atoms with Gasteiger partial charge >= 0.3 is 0 Å². The average molecular weight is 549 g/mol. The molecule has 5 rings (SSSR count). The fourth-order valence-electron chi connectivity index (χ4n) is 5.35. The Kier molecular flexibility index (Phi) is 11.0. The van der Waals surface area contributed by atoms with Crippen LogP contribution in [0, 0.1) is 11.8 Å². The molecule has 40 heavy (non-hydrogen) atoms. The van der Waals surface area contributed by atoms with E-state index >= 15 is 0 Å². The fourth-order valence-corrected chi connectivity index (χ4v) is 5.35. The van der Waals surface area contributed by atoms with E-state index in [9.17, 15) is 0 Å². The van der Waals surface area contributed by atoms with Crippen LogP contribution in [0.2, 0.25) is 0 Å². The predicted octanol–water partition coefficient (Wildman–Crippen LogP) is 5.93. The molecule has 2 saturated heterocycles. The summed E-state index contributed by atoms with van der Waals surface area (Å²) < 4.78 is 41.7. The number of ether oxygens (including phenoxy) is 7. The van der Waals surface area contributed by atoms with Gasteiger partial charge < -0.3 is 33.2 Å². The van der Waals surface area contributed by atoms with Crippen molar-refractivity contribution in [2.75, 3.05) is 59.5 Å². The fraction of sp³-hybridized carbons (Fsp3) is 0.455.